The summed E-state index contributed by atoms with van der Waals surface area (Å²) in [6.45, 7) is 4.02. The fraction of sp³-hybridized carbons (Fsp3) is 0.714. The Labute approximate surface area is 114 Å². The van der Waals surface area contributed by atoms with Gasteiger partial charge in [0.15, 0.2) is 0 Å². The fourth-order valence-corrected chi connectivity index (χ4v) is 1.46. The highest BCUT2D eigenvalue weighted by molar-refractivity contribution is 5.81. The van der Waals surface area contributed by atoms with E-state index >= 15 is 0 Å². The first-order valence-corrected chi connectivity index (χ1v) is 6.76. The van der Waals surface area contributed by atoms with Crippen molar-refractivity contribution in [1.82, 2.24) is 0 Å². The maximum absolute atomic E-state index is 11.3. The molecule has 0 saturated carbocycles. The number of rotatable bonds is 12. The number of hydrogen-bond acceptors (Lipinski definition) is 5. The van der Waals surface area contributed by atoms with Gasteiger partial charge in [-0.25, -0.2) is 4.79 Å². The summed E-state index contributed by atoms with van der Waals surface area (Å²) < 4.78 is 9.73. The molecule has 110 valence electrons. The molecule has 0 spiro atoms. The van der Waals surface area contributed by atoms with Gasteiger partial charge in [0, 0.05) is 25.5 Å². The third kappa shape index (κ3) is 12.9. The minimum Gasteiger partial charge on any atom is -0.466 e. The van der Waals surface area contributed by atoms with Gasteiger partial charge >= 0.3 is 11.9 Å². The Morgan fingerprint density at radius 3 is 2.26 bits per heavy atom. The van der Waals surface area contributed by atoms with Gasteiger partial charge in [0.1, 0.15) is 0 Å². The molecule has 0 unspecified atom stereocenters. The lowest BCUT2D eigenvalue weighted by molar-refractivity contribution is -0.144. The second-order valence-electron chi connectivity index (χ2n) is 4.19. The molecule has 0 heterocycles. The van der Waals surface area contributed by atoms with Crippen LogP contribution in [-0.2, 0) is 19.1 Å². The first-order chi connectivity index (χ1) is 9.20. The number of ether oxygens (including phenoxy) is 2. The van der Waals surface area contributed by atoms with Gasteiger partial charge in [0.25, 0.3) is 0 Å². The minimum absolute atomic E-state index is 0.211. The van der Waals surface area contributed by atoms with Crippen LogP contribution in [0, 0.1) is 0 Å². The third-order valence-corrected chi connectivity index (χ3v) is 2.50. The van der Waals surface area contributed by atoms with Gasteiger partial charge in [-0.1, -0.05) is 25.8 Å². The molecule has 5 heteroatoms. The number of carbonyl (C=O) groups excluding carboxylic acids is 2. The van der Waals surface area contributed by atoms with E-state index in [1.54, 1.807) is 0 Å². The zero-order valence-electron chi connectivity index (χ0n) is 11.4. The summed E-state index contributed by atoms with van der Waals surface area (Å²) in [7, 11) is 0. The zero-order valence-corrected chi connectivity index (χ0v) is 11.4. The molecule has 0 bridgehead atoms. The molecule has 19 heavy (non-hydrogen) atoms. The lowest BCUT2D eigenvalue weighted by atomic mass is 10.1. The van der Waals surface area contributed by atoms with Gasteiger partial charge in [0.05, 0.1) is 13.2 Å². The number of hydrogen-bond donors (Lipinski definition) is 1. The normalized spacial score (nSPS) is 9.95. The van der Waals surface area contributed by atoms with Crippen LogP contribution in [0.3, 0.4) is 0 Å². The predicted molar refractivity (Wildman–Crippen MR) is 71.5 cm³/mol. The summed E-state index contributed by atoms with van der Waals surface area (Å²) in [6, 6.07) is 0. The Hall–Kier alpha value is -1.36. The number of unbranched alkanes of at least 4 members (excludes halogenated alkanes) is 4. The van der Waals surface area contributed by atoms with Gasteiger partial charge in [-0.15, -0.1) is 0 Å². The molecule has 1 N–H and O–H groups in total. The molecular formula is C14H24O5. The van der Waals surface area contributed by atoms with Gasteiger partial charge in [0.2, 0.25) is 0 Å². The largest absolute Gasteiger partial charge is 0.466 e. The summed E-state index contributed by atoms with van der Waals surface area (Å²) in [6.07, 6.45) is 6.68. The van der Waals surface area contributed by atoms with E-state index in [9.17, 15) is 9.59 Å². The highest BCUT2D eigenvalue weighted by Crippen LogP contribution is 2.05. The van der Waals surface area contributed by atoms with E-state index in [-0.39, 0.29) is 25.8 Å². The van der Waals surface area contributed by atoms with Crippen molar-refractivity contribution in [2.24, 2.45) is 0 Å². The summed E-state index contributed by atoms with van der Waals surface area (Å²) in [5.74, 6) is -0.675. The van der Waals surface area contributed by atoms with E-state index in [1.807, 2.05) is 0 Å². The van der Waals surface area contributed by atoms with Crippen LogP contribution in [0.15, 0.2) is 12.7 Å². The molecular weight excluding hydrogens is 248 g/mol. The van der Waals surface area contributed by atoms with E-state index in [4.69, 9.17) is 14.6 Å². The molecule has 0 aromatic carbocycles. The standard InChI is InChI=1S/C14H24O5/c1-2-13(16)18-11-8-12-19-14(17)9-6-4-3-5-7-10-15/h2,15H,1,3-12H2. The average molecular weight is 272 g/mol. The maximum Gasteiger partial charge on any atom is 0.330 e. The number of aliphatic hydroxyl groups is 1. The first-order valence-electron chi connectivity index (χ1n) is 6.76. The van der Waals surface area contributed by atoms with Crippen molar-refractivity contribution in [3.63, 3.8) is 0 Å². The Balaban J connectivity index is 3.25. The Morgan fingerprint density at radius 2 is 1.58 bits per heavy atom. The summed E-state index contributed by atoms with van der Waals surface area (Å²) in [4.78, 5) is 22.0. The lowest BCUT2D eigenvalue weighted by Gasteiger charge is -2.05. The number of aliphatic hydroxyl groups excluding tert-OH is 1. The molecule has 0 saturated heterocycles. The molecule has 0 aliphatic rings. The van der Waals surface area contributed by atoms with Gasteiger partial charge in [-0.05, 0) is 12.8 Å². The average Bonchev–Trinajstić information content (AvgIpc) is 2.42. The Morgan fingerprint density at radius 1 is 0.947 bits per heavy atom. The van der Waals surface area contributed by atoms with Crippen molar-refractivity contribution in [1.29, 1.82) is 0 Å². The number of carbonyl (C=O) groups is 2. The van der Waals surface area contributed by atoms with E-state index in [0.29, 0.717) is 12.8 Å². The second-order valence-corrected chi connectivity index (χ2v) is 4.19. The quantitative estimate of drug-likeness (QED) is 0.334. The van der Waals surface area contributed by atoms with Crippen molar-refractivity contribution in [3.8, 4) is 0 Å². The third-order valence-electron chi connectivity index (χ3n) is 2.50. The van der Waals surface area contributed by atoms with E-state index in [0.717, 1.165) is 38.2 Å². The Bertz CT molecular complexity index is 263. The highest BCUT2D eigenvalue weighted by atomic mass is 16.5. The first kappa shape index (κ1) is 17.6. The predicted octanol–water partition coefficient (Wildman–Crippen LogP) is 1.98. The van der Waals surface area contributed by atoms with Crippen LogP contribution in [0.1, 0.15) is 44.9 Å². The molecule has 0 aromatic heterocycles. The molecule has 0 rings (SSSR count). The molecule has 0 fully saturated rings. The van der Waals surface area contributed by atoms with Crippen LogP contribution in [0.2, 0.25) is 0 Å². The number of esters is 2. The van der Waals surface area contributed by atoms with E-state index in [2.05, 4.69) is 6.58 Å². The van der Waals surface area contributed by atoms with Crippen LogP contribution in [0.25, 0.3) is 0 Å². The van der Waals surface area contributed by atoms with Crippen LogP contribution < -0.4 is 0 Å². The van der Waals surface area contributed by atoms with Crippen LogP contribution >= 0.6 is 0 Å². The maximum atomic E-state index is 11.3. The molecule has 5 nitrogen and oxygen atoms in total. The molecule has 0 atom stereocenters. The molecule has 0 aliphatic heterocycles. The summed E-state index contributed by atoms with van der Waals surface area (Å²) in [5, 5.41) is 8.59. The Kier molecular flexibility index (Phi) is 12.1. The molecule has 0 aromatic rings. The van der Waals surface area contributed by atoms with Gasteiger partial charge in [-0.3, -0.25) is 4.79 Å². The van der Waals surface area contributed by atoms with E-state index < -0.39 is 5.97 Å². The van der Waals surface area contributed by atoms with Crippen molar-refractivity contribution >= 4 is 11.9 Å². The van der Waals surface area contributed by atoms with E-state index in [1.165, 1.54) is 0 Å². The SMILES string of the molecule is C=CC(=O)OCCCOC(=O)CCCCCCCO. The molecule has 0 aliphatic carbocycles. The van der Waals surface area contributed by atoms with Crippen molar-refractivity contribution < 1.29 is 24.2 Å². The molecule has 0 amide bonds. The molecule has 0 radical (unpaired) electrons. The van der Waals surface area contributed by atoms with Crippen LogP contribution in [-0.4, -0.2) is 36.9 Å². The summed E-state index contributed by atoms with van der Waals surface area (Å²) >= 11 is 0. The highest BCUT2D eigenvalue weighted by Gasteiger charge is 2.03. The van der Waals surface area contributed by atoms with Crippen molar-refractivity contribution in [2.45, 2.75) is 44.9 Å². The monoisotopic (exact) mass is 272 g/mol. The smallest absolute Gasteiger partial charge is 0.330 e. The minimum atomic E-state index is -0.464. The van der Waals surface area contributed by atoms with Crippen molar-refractivity contribution in [3.05, 3.63) is 12.7 Å². The summed E-state index contributed by atoms with van der Waals surface area (Å²) in [5.41, 5.74) is 0. The topological polar surface area (TPSA) is 72.8 Å². The van der Waals surface area contributed by atoms with Gasteiger partial charge in [-0.2, -0.15) is 0 Å². The van der Waals surface area contributed by atoms with Crippen LogP contribution in [0.5, 0.6) is 0 Å². The zero-order chi connectivity index (χ0) is 14.3. The van der Waals surface area contributed by atoms with Crippen molar-refractivity contribution in [2.75, 3.05) is 19.8 Å². The fourth-order valence-electron chi connectivity index (χ4n) is 1.46. The van der Waals surface area contributed by atoms with Gasteiger partial charge < -0.3 is 14.6 Å². The second kappa shape index (κ2) is 13.1. The van der Waals surface area contributed by atoms with Crippen LogP contribution in [0.4, 0.5) is 0 Å². The lowest BCUT2D eigenvalue weighted by Crippen LogP contribution is -2.09.